The van der Waals surface area contributed by atoms with Gasteiger partial charge in [-0.2, -0.15) is 0 Å². The maximum absolute atomic E-state index is 3.81. The maximum atomic E-state index is 3.81. The second kappa shape index (κ2) is 6.23. The SMILES string of the molecule is Cc1cccc(C(Br)c2ccc(C(C)C)cc2)c1Br. The first kappa shape index (κ1) is 14.8. The summed E-state index contributed by atoms with van der Waals surface area (Å²) in [5, 5.41) is 0. The van der Waals surface area contributed by atoms with Gasteiger partial charge in [-0.25, -0.2) is 0 Å². The molecule has 1 unspecified atom stereocenters. The highest BCUT2D eigenvalue weighted by molar-refractivity contribution is 9.11. The van der Waals surface area contributed by atoms with E-state index >= 15 is 0 Å². The van der Waals surface area contributed by atoms with Crippen LogP contribution < -0.4 is 0 Å². The van der Waals surface area contributed by atoms with E-state index in [-0.39, 0.29) is 4.83 Å². The minimum atomic E-state index is 0.225. The van der Waals surface area contributed by atoms with Gasteiger partial charge in [0.15, 0.2) is 0 Å². The van der Waals surface area contributed by atoms with Crippen LogP contribution in [-0.4, -0.2) is 0 Å². The molecule has 0 amide bonds. The Hall–Kier alpha value is -0.600. The van der Waals surface area contributed by atoms with Gasteiger partial charge in [0.1, 0.15) is 0 Å². The highest BCUT2D eigenvalue weighted by Gasteiger charge is 2.14. The zero-order chi connectivity index (χ0) is 14.0. The standard InChI is InChI=1S/C17H18Br2/c1-11(2)13-7-9-14(10-8-13)17(19)15-6-4-5-12(3)16(15)18/h4-11,17H,1-3H3. The van der Waals surface area contributed by atoms with Crippen molar-refractivity contribution in [3.05, 3.63) is 69.2 Å². The number of rotatable bonds is 3. The molecule has 0 aromatic heterocycles. The number of aryl methyl sites for hydroxylation is 1. The molecule has 0 radical (unpaired) electrons. The van der Waals surface area contributed by atoms with Gasteiger partial charge in [0.05, 0.1) is 4.83 Å². The highest BCUT2D eigenvalue weighted by Crippen LogP contribution is 2.36. The molecule has 0 nitrogen and oxygen atoms in total. The molecule has 2 aromatic carbocycles. The van der Waals surface area contributed by atoms with E-state index in [0.717, 1.165) is 0 Å². The Kier molecular flexibility index (Phi) is 4.86. The Morgan fingerprint density at radius 3 is 2.05 bits per heavy atom. The van der Waals surface area contributed by atoms with E-state index < -0.39 is 0 Å². The van der Waals surface area contributed by atoms with Gasteiger partial charge in [-0.3, -0.25) is 0 Å². The lowest BCUT2D eigenvalue weighted by atomic mass is 9.98. The largest absolute Gasteiger partial charge is 0.0786 e. The third kappa shape index (κ3) is 3.29. The zero-order valence-corrected chi connectivity index (χ0v) is 14.6. The van der Waals surface area contributed by atoms with Crippen molar-refractivity contribution in [1.29, 1.82) is 0 Å². The van der Waals surface area contributed by atoms with Gasteiger partial charge < -0.3 is 0 Å². The van der Waals surface area contributed by atoms with Gasteiger partial charge in [0, 0.05) is 4.47 Å². The van der Waals surface area contributed by atoms with E-state index in [1.807, 2.05) is 0 Å². The number of hydrogen-bond donors (Lipinski definition) is 0. The van der Waals surface area contributed by atoms with Gasteiger partial charge in [-0.1, -0.05) is 88.2 Å². The molecule has 1 atom stereocenters. The minimum absolute atomic E-state index is 0.225. The third-order valence-electron chi connectivity index (χ3n) is 3.39. The average molecular weight is 382 g/mol. The second-order valence-corrected chi connectivity index (χ2v) is 6.87. The molecule has 2 heteroatoms. The predicted molar refractivity (Wildman–Crippen MR) is 90.2 cm³/mol. The van der Waals surface area contributed by atoms with Crippen molar-refractivity contribution >= 4 is 31.9 Å². The maximum Gasteiger partial charge on any atom is 0.0655 e. The lowest BCUT2D eigenvalue weighted by Gasteiger charge is -2.15. The van der Waals surface area contributed by atoms with Crippen LogP contribution >= 0.6 is 31.9 Å². The monoisotopic (exact) mass is 380 g/mol. The Bertz CT molecular complexity index is 556. The van der Waals surface area contributed by atoms with E-state index in [1.54, 1.807) is 0 Å². The number of alkyl halides is 1. The first-order chi connectivity index (χ1) is 9.00. The second-order valence-electron chi connectivity index (χ2n) is 5.16. The zero-order valence-electron chi connectivity index (χ0n) is 11.5. The van der Waals surface area contributed by atoms with Crippen LogP contribution in [0.25, 0.3) is 0 Å². The topological polar surface area (TPSA) is 0 Å². The summed E-state index contributed by atoms with van der Waals surface area (Å²) in [6, 6.07) is 15.2. The molecular weight excluding hydrogens is 364 g/mol. The van der Waals surface area contributed by atoms with Crippen molar-refractivity contribution in [2.24, 2.45) is 0 Å². The van der Waals surface area contributed by atoms with E-state index in [0.29, 0.717) is 5.92 Å². The summed E-state index contributed by atoms with van der Waals surface area (Å²) >= 11 is 7.50. The number of halogens is 2. The summed E-state index contributed by atoms with van der Waals surface area (Å²) in [6.45, 7) is 6.56. The molecule has 0 heterocycles. The van der Waals surface area contributed by atoms with Crippen molar-refractivity contribution in [3.63, 3.8) is 0 Å². The molecule has 0 saturated heterocycles. The molecule has 0 fully saturated rings. The van der Waals surface area contributed by atoms with Crippen LogP contribution in [0.4, 0.5) is 0 Å². The number of hydrogen-bond acceptors (Lipinski definition) is 0. The molecule has 19 heavy (non-hydrogen) atoms. The summed E-state index contributed by atoms with van der Waals surface area (Å²) in [5.74, 6) is 0.577. The predicted octanol–water partition coefficient (Wildman–Crippen LogP) is 6.37. The Morgan fingerprint density at radius 2 is 1.47 bits per heavy atom. The number of benzene rings is 2. The lowest BCUT2D eigenvalue weighted by Crippen LogP contribution is -1.96. The fourth-order valence-electron chi connectivity index (χ4n) is 2.10. The fourth-order valence-corrected chi connectivity index (χ4v) is 3.58. The van der Waals surface area contributed by atoms with Crippen LogP contribution in [0.1, 0.15) is 46.8 Å². The highest BCUT2D eigenvalue weighted by atomic mass is 79.9. The first-order valence-corrected chi connectivity index (χ1v) is 8.20. The van der Waals surface area contributed by atoms with Crippen molar-refractivity contribution in [2.75, 3.05) is 0 Å². The van der Waals surface area contributed by atoms with Crippen LogP contribution in [0, 0.1) is 6.92 Å². The minimum Gasteiger partial charge on any atom is -0.0786 e. The molecule has 100 valence electrons. The Labute approximate surface area is 132 Å². The Morgan fingerprint density at radius 1 is 0.895 bits per heavy atom. The first-order valence-electron chi connectivity index (χ1n) is 6.49. The van der Waals surface area contributed by atoms with Crippen LogP contribution in [0.15, 0.2) is 46.9 Å². The lowest BCUT2D eigenvalue weighted by molar-refractivity contribution is 0.865. The molecule has 0 spiro atoms. The summed E-state index contributed by atoms with van der Waals surface area (Å²) in [5.41, 5.74) is 5.21. The van der Waals surface area contributed by atoms with Gasteiger partial charge in [-0.05, 0) is 35.1 Å². The van der Waals surface area contributed by atoms with Gasteiger partial charge in [-0.15, -0.1) is 0 Å². The third-order valence-corrected chi connectivity index (χ3v) is 5.50. The van der Waals surface area contributed by atoms with Crippen molar-refractivity contribution in [1.82, 2.24) is 0 Å². The molecule has 0 aliphatic carbocycles. The van der Waals surface area contributed by atoms with Gasteiger partial charge in [0.2, 0.25) is 0 Å². The molecule has 0 aliphatic heterocycles. The van der Waals surface area contributed by atoms with Crippen LogP contribution in [0.2, 0.25) is 0 Å². The van der Waals surface area contributed by atoms with E-state index in [2.05, 4.69) is 95.1 Å². The quantitative estimate of drug-likeness (QED) is 0.542. The fraction of sp³-hybridized carbons (Fsp3) is 0.294. The molecule has 2 rings (SSSR count). The van der Waals surface area contributed by atoms with Crippen molar-refractivity contribution < 1.29 is 0 Å². The van der Waals surface area contributed by atoms with E-state index in [1.165, 1.54) is 26.7 Å². The van der Waals surface area contributed by atoms with Crippen LogP contribution in [-0.2, 0) is 0 Å². The summed E-state index contributed by atoms with van der Waals surface area (Å²) < 4.78 is 1.19. The molecular formula is C17H18Br2. The summed E-state index contributed by atoms with van der Waals surface area (Å²) in [7, 11) is 0. The van der Waals surface area contributed by atoms with E-state index in [9.17, 15) is 0 Å². The molecule has 0 N–H and O–H groups in total. The van der Waals surface area contributed by atoms with Crippen molar-refractivity contribution in [2.45, 2.75) is 31.5 Å². The Balaban J connectivity index is 2.33. The summed E-state index contributed by atoms with van der Waals surface area (Å²) in [4.78, 5) is 0.225. The van der Waals surface area contributed by atoms with Crippen LogP contribution in [0.3, 0.4) is 0 Å². The molecule has 0 saturated carbocycles. The smallest absolute Gasteiger partial charge is 0.0655 e. The summed E-state index contributed by atoms with van der Waals surface area (Å²) in [6.07, 6.45) is 0. The van der Waals surface area contributed by atoms with Crippen molar-refractivity contribution in [3.8, 4) is 0 Å². The normalized spacial score (nSPS) is 12.7. The average Bonchev–Trinajstić information content (AvgIpc) is 2.41. The van der Waals surface area contributed by atoms with Gasteiger partial charge >= 0.3 is 0 Å². The molecule has 0 aliphatic rings. The van der Waals surface area contributed by atoms with E-state index in [4.69, 9.17) is 0 Å². The van der Waals surface area contributed by atoms with Crippen LogP contribution in [0.5, 0.6) is 0 Å². The molecule has 2 aromatic rings. The van der Waals surface area contributed by atoms with Gasteiger partial charge in [0.25, 0.3) is 0 Å². The molecule has 0 bridgehead atoms.